The lowest BCUT2D eigenvalue weighted by molar-refractivity contribution is -0.121. The van der Waals surface area contributed by atoms with Gasteiger partial charge < -0.3 is 5.73 Å². The molecule has 2 N–H and O–H groups in total. The van der Waals surface area contributed by atoms with Crippen molar-refractivity contribution in [2.45, 2.75) is 13.0 Å². The molecule has 2 rings (SSSR count). The van der Waals surface area contributed by atoms with Gasteiger partial charge in [0.05, 0.1) is 0 Å². The van der Waals surface area contributed by atoms with Crippen LogP contribution in [-0.2, 0) is 14.8 Å². The standard InChI is InChI=1S/C18H19FN2O3S/c1-13-6-8-14(9-7-13)10-11-25(23,24)21(2)17(18(20)22)15-4-3-5-16(19)12-15/h3-12,17H,1-2H3,(H2,20,22). The van der Waals surface area contributed by atoms with Crippen molar-refractivity contribution < 1.29 is 17.6 Å². The minimum absolute atomic E-state index is 0.169. The van der Waals surface area contributed by atoms with E-state index in [1.807, 2.05) is 19.1 Å². The van der Waals surface area contributed by atoms with Crippen LogP contribution < -0.4 is 5.73 Å². The first kappa shape index (κ1) is 18.8. The first-order valence-electron chi connectivity index (χ1n) is 7.48. The Labute approximate surface area is 146 Å². The molecule has 25 heavy (non-hydrogen) atoms. The molecule has 0 aliphatic carbocycles. The number of nitrogens with zero attached hydrogens (tertiary/aromatic N) is 1. The molecular formula is C18H19FN2O3S. The van der Waals surface area contributed by atoms with E-state index < -0.39 is 27.8 Å². The van der Waals surface area contributed by atoms with Crippen molar-refractivity contribution in [2.24, 2.45) is 5.73 Å². The zero-order valence-electron chi connectivity index (χ0n) is 13.9. The summed E-state index contributed by atoms with van der Waals surface area (Å²) in [5.74, 6) is -1.47. The smallest absolute Gasteiger partial charge is 0.240 e. The number of hydrogen-bond donors (Lipinski definition) is 1. The van der Waals surface area contributed by atoms with E-state index >= 15 is 0 Å². The summed E-state index contributed by atoms with van der Waals surface area (Å²) in [5, 5.41) is 0.993. The number of hydrogen-bond acceptors (Lipinski definition) is 3. The maximum Gasteiger partial charge on any atom is 0.240 e. The second-order valence-electron chi connectivity index (χ2n) is 5.63. The number of sulfonamides is 1. The molecule has 1 unspecified atom stereocenters. The summed E-state index contributed by atoms with van der Waals surface area (Å²) in [5.41, 5.74) is 7.27. The summed E-state index contributed by atoms with van der Waals surface area (Å²) in [4.78, 5) is 11.8. The van der Waals surface area contributed by atoms with Crippen LogP contribution in [0, 0.1) is 12.7 Å². The number of carbonyl (C=O) groups is 1. The van der Waals surface area contributed by atoms with Gasteiger partial charge in [-0.05, 0) is 36.3 Å². The zero-order valence-corrected chi connectivity index (χ0v) is 14.7. The minimum Gasteiger partial charge on any atom is -0.368 e. The molecule has 132 valence electrons. The molecule has 2 aromatic carbocycles. The third-order valence-electron chi connectivity index (χ3n) is 3.71. The molecule has 0 radical (unpaired) electrons. The van der Waals surface area contributed by atoms with Gasteiger partial charge in [-0.15, -0.1) is 0 Å². The lowest BCUT2D eigenvalue weighted by Crippen LogP contribution is -2.38. The molecule has 0 spiro atoms. The van der Waals surface area contributed by atoms with Crippen LogP contribution in [0.15, 0.2) is 53.9 Å². The van der Waals surface area contributed by atoms with E-state index in [4.69, 9.17) is 5.73 Å². The highest BCUT2D eigenvalue weighted by molar-refractivity contribution is 7.92. The topological polar surface area (TPSA) is 80.5 Å². The summed E-state index contributed by atoms with van der Waals surface area (Å²) < 4.78 is 39.3. The Hall–Kier alpha value is -2.51. The third-order valence-corrected chi connectivity index (χ3v) is 5.20. The van der Waals surface area contributed by atoms with Gasteiger partial charge in [0, 0.05) is 12.5 Å². The first-order chi connectivity index (χ1) is 11.7. The van der Waals surface area contributed by atoms with Crippen LogP contribution in [0.4, 0.5) is 4.39 Å². The first-order valence-corrected chi connectivity index (χ1v) is 8.98. The fourth-order valence-electron chi connectivity index (χ4n) is 2.32. The van der Waals surface area contributed by atoms with Gasteiger partial charge in [0.1, 0.15) is 11.9 Å². The van der Waals surface area contributed by atoms with Crippen molar-refractivity contribution in [1.29, 1.82) is 0 Å². The van der Waals surface area contributed by atoms with Crippen molar-refractivity contribution in [1.82, 2.24) is 4.31 Å². The van der Waals surface area contributed by atoms with E-state index in [1.165, 1.54) is 31.3 Å². The van der Waals surface area contributed by atoms with E-state index in [1.54, 1.807) is 12.1 Å². The van der Waals surface area contributed by atoms with E-state index in [-0.39, 0.29) is 5.56 Å². The van der Waals surface area contributed by atoms with Crippen molar-refractivity contribution in [3.05, 3.63) is 76.4 Å². The molecule has 0 heterocycles. The van der Waals surface area contributed by atoms with Crippen LogP contribution in [0.1, 0.15) is 22.7 Å². The van der Waals surface area contributed by atoms with Crippen LogP contribution in [-0.4, -0.2) is 25.7 Å². The van der Waals surface area contributed by atoms with Crippen LogP contribution in [0.3, 0.4) is 0 Å². The van der Waals surface area contributed by atoms with Gasteiger partial charge in [0.2, 0.25) is 15.9 Å². The molecule has 0 saturated carbocycles. The second-order valence-corrected chi connectivity index (χ2v) is 7.51. The monoisotopic (exact) mass is 362 g/mol. The Morgan fingerprint density at radius 3 is 2.40 bits per heavy atom. The Kier molecular flexibility index (Phi) is 5.71. The molecule has 5 nitrogen and oxygen atoms in total. The molecule has 2 aromatic rings. The number of primary amides is 1. The van der Waals surface area contributed by atoms with Gasteiger partial charge in [0.25, 0.3) is 0 Å². The van der Waals surface area contributed by atoms with E-state index in [2.05, 4.69) is 0 Å². The summed E-state index contributed by atoms with van der Waals surface area (Å²) >= 11 is 0. The van der Waals surface area contributed by atoms with Crippen molar-refractivity contribution in [3.8, 4) is 0 Å². The number of benzene rings is 2. The molecule has 0 saturated heterocycles. The van der Waals surface area contributed by atoms with E-state index in [9.17, 15) is 17.6 Å². The highest BCUT2D eigenvalue weighted by atomic mass is 32.2. The lowest BCUT2D eigenvalue weighted by Gasteiger charge is -2.24. The van der Waals surface area contributed by atoms with Crippen molar-refractivity contribution in [2.75, 3.05) is 7.05 Å². The third kappa shape index (κ3) is 4.74. The Morgan fingerprint density at radius 2 is 1.84 bits per heavy atom. The van der Waals surface area contributed by atoms with Gasteiger partial charge in [0.15, 0.2) is 0 Å². The van der Waals surface area contributed by atoms with Crippen LogP contribution in [0.5, 0.6) is 0 Å². The average molecular weight is 362 g/mol. The number of aryl methyl sites for hydroxylation is 1. The second kappa shape index (κ2) is 7.58. The minimum atomic E-state index is -3.94. The molecular weight excluding hydrogens is 343 g/mol. The number of halogens is 1. The number of nitrogens with two attached hydrogens (primary N) is 1. The average Bonchev–Trinajstić information content (AvgIpc) is 2.54. The predicted octanol–water partition coefficient (Wildman–Crippen LogP) is 2.59. The molecule has 0 aliphatic heterocycles. The number of amides is 1. The largest absolute Gasteiger partial charge is 0.368 e. The van der Waals surface area contributed by atoms with Gasteiger partial charge in [-0.25, -0.2) is 12.8 Å². The Balaban J connectivity index is 2.32. The fourth-order valence-corrected chi connectivity index (χ4v) is 3.36. The molecule has 7 heteroatoms. The predicted molar refractivity (Wildman–Crippen MR) is 95.2 cm³/mol. The van der Waals surface area contributed by atoms with Gasteiger partial charge in [-0.1, -0.05) is 42.0 Å². The maximum atomic E-state index is 13.4. The SMILES string of the molecule is Cc1ccc(C=CS(=O)(=O)N(C)C(C(N)=O)c2cccc(F)c2)cc1. The molecule has 0 aromatic heterocycles. The number of rotatable bonds is 6. The normalized spacial score (nSPS) is 13.3. The molecule has 0 aliphatic rings. The summed E-state index contributed by atoms with van der Waals surface area (Å²) in [6.07, 6.45) is 1.43. The van der Waals surface area contributed by atoms with Crippen molar-refractivity contribution in [3.63, 3.8) is 0 Å². The molecule has 1 atom stereocenters. The van der Waals surface area contributed by atoms with Gasteiger partial charge >= 0.3 is 0 Å². The molecule has 1 amide bonds. The number of likely N-dealkylation sites (N-methyl/N-ethyl adjacent to an activating group) is 1. The quantitative estimate of drug-likeness (QED) is 0.858. The summed E-state index contributed by atoms with van der Waals surface area (Å²) in [6.45, 7) is 1.93. The van der Waals surface area contributed by atoms with Gasteiger partial charge in [-0.3, -0.25) is 4.79 Å². The van der Waals surface area contributed by atoms with Crippen molar-refractivity contribution >= 4 is 22.0 Å². The van der Waals surface area contributed by atoms with E-state index in [0.717, 1.165) is 21.3 Å². The summed E-state index contributed by atoms with van der Waals surface area (Å²) in [7, 11) is -2.71. The maximum absolute atomic E-state index is 13.4. The fraction of sp³-hybridized carbons (Fsp3) is 0.167. The zero-order chi connectivity index (χ0) is 18.6. The number of carbonyl (C=O) groups excluding carboxylic acids is 1. The Morgan fingerprint density at radius 1 is 1.20 bits per heavy atom. The van der Waals surface area contributed by atoms with Crippen LogP contribution in [0.25, 0.3) is 6.08 Å². The van der Waals surface area contributed by atoms with E-state index in [0.29, 0.717) is 5.56 Å². The lowest BCUT2D eigenvalue weighted by atomic mass is 10.1. The Bertz CT molecular complexity index is 893. The van der Waals surface area contributed by atoms with Gasteiger partial charge in [-0.2, -0.15) is 4.31 Å². The van der Waals surface area contributed by atoms with Crippen LogP contribution in [0.2, 0.25) is 0 Å². The highest BCUT2D eigenvalue weighted by Gasteiger charge is 2.30. The molecule has 0 bridgehead atoms. The molecule has 0 fully saturated rings. The van der Waals surface area contributed by atoms with Crippen LogP contribution >= 0.6 is 0 Å². The highest BCUT2D eigenvalue weighted by Crippen LogP contribution is 2.23. The summed E-state index contributed by atoms with van der Waals surface area (Å²) in [6, 6.07) is 11.1.